The highest BCUT2D eigenvalue weighted by atomic mass is 16.8. The van der Waals surface area contributed by atoms with E-state index in [2.05, 4.69) is 15.0 Å². The van der Waals surface area contributed by atoms with Gasteiger partial charge in [0.25, 0.3) is 0 Å². The van der Waals surface area contributed by atoms with Crippen LogP contribution in [0.5, 0.6) is 0 Å². The molecule has 0 aliphatic carbocycles. The number of carbonyl (C=O) groups is 1. The van der Waals surface area contributed by atoms with E-state index >= 15 is 0 Å². The maximum absolute atomic E-state index is 11.8. The van der Waals surface area contributed by atoms with Crippen molar-refractivity contribution in [3.8, 4) is 11.3 Å². The van der Waals surface area contributed by atoms with Crippen LogP contribution in [0.15, 0.2) is 12.4 Å². The quantitative estimate of drug-likeness (QED) is 0.748. The number of hydrogen-bond acceptors (Lipinski definition) is 11. The maximum Gasteiger partial charge on any atom is 0.533 e. The fourth-order valence-corrected chi connectivity index (χ4v) is 3.14. The van der Waals surface area contributed by atoms with Gasteiger partial charge in [0.2, 0.25) is 11.9 Å². The lowest BCUT2D eigenvalue weighted by molar-refractivity contribution is 0.0509. The van der Waals surface area contributed by atoms with Crippen molar-refractivity contribution in [3.05, 3.63) is 18.0 Å². The van der Waals surface area contributed by atoms with Crippen molar-refractivity contribution in [2.75, 3.05) is 55.2 Å². The summed E-state index contributed by atoms with van der Waals surface area (Å²) in [5.74, 6) is 1.26. The highest BCUT2D eigenvalue weighted by molar-refractivity contribution is 5.73. The smallest absolute Gasteiger partial charge is 0.433 e. The minimum absolute atomic E-state index is 0.190. The highest BCUT2D eigenvalue weighted by Crippen LogP contribution is 2.35. The topological polar surface area (TPSA) is 129 Å². The van der Waals surface area contributed by atoms with Crippen LogP contribution in [0.2, 0.25) is 0 Å². The summed E-state index contributed by atoms with van der Waals surface area (Å²) in [6.45, 7) is 4.96. The van der Waals surface area contributed by atoms with E-state index in [1.165, 1.54) is 5.06 Å². The Morgan fingerprint density at radius 2 is 1.96 bits per heavy atom. The van der Waals surface area contributed by atoms with Crippen molar-refractivity contribution < 1.29 is 19.1 Å². The van der Waals surface area contributed by atoms with Gasteiger partial charge in [-0.1, -0.05) is 0 Å². The first-order valence-corrected chi connectivity index (χ1v) is 9.09. The van der Waals surface area contributed by atoms with Gasteiger partial charge in [-0.15, -0.1) is 0 Å². The Morgan fingerprint density at radius 3 is 2.68 bits per heavy atom. The summed E-state index contributed by atoms with van der Waals surface area (Å²) in [4.78, 5) is 36.7. The van der Waals surface area contributed by atoms with Gasteiger partial charge in [0, 0.05) is 36.6 Å². The number of nitrogens with two attached hydrogens (primary N) is 1. The van der Waals surface area contributed by atoms with Gasteiger partial charge >= 0.3 is 6.16 Å². The number of ether oxygens (including phenoxy) is 2. The first-order chi connectivity index (χ1) is 13.7. The lowest BCUT2D eigenvalue weighted by Crippen LogP contribution is -2.37. The summed E-state index contributed by atoms with van der Waals surface area (Å²) in [6, 6.07) is 0. The molecule has 2 aromatic heterocycles. The van der Waals surface area contributed by atoms with Crippen LogP contribution < -0.4 is 15.7 Å². The molecule has 0 atom stereocenters. The van der Waals surface area contributed by atoms with Crippen LogP contribution >= 0.6 is 0 Å². The second kappa shape index (κ2) is 7.80. The van der Waals surface area contributed by atoms with Crippen LogP contribution in [0.4, 0.5) is 22.5 Å². The molecule has 1 saturated heterocycles. The highest BCUT2D eigenvalue weighted by Gasteiger charge is 2.31. The zero-order valence-electron chi connectivity index (χ0n) is 15.5. The van der Waals surface area contributed by atoms with Crippen LogP contribution in [-0.4, -0.2) is 65.5 Å². The molecule has 0 spiro atoms. The van der Waals surface area contributed by atoms with Crippen LogP contribution in [0, 0.1) is 0 Å². The number of anilines is 3. The second-order valence-electron chi connectivity index (χ2n) is 6.23. The fraction of sp³-hybridized carbons (Fsp3) is 0.471. The molecule has 4 rings (SSSR count). The Bertz CT molecular complexity index is 855. The van der Waals surface area contributed by atoms with E-state index in [0.29, 0.717) is 56.7 Å². The minimum Gasteiger partial charge on any atom is -0.433 e. The van der Waals surface area contributed by atoms with Crippen LogP contribution in [0.3, 0.4) is 0 Å². The number of hydrogen-bond donors (Lipinski definition) is 1. The Labute approximate surface area is 161 Å². The SMILES string of the molecule is CCOC(=O)ON1CCc2c(-c3cnc(N)nc3)nc(N3CCOCC3)nc21. The molecule has 0 radical (unpaired) electrons. The zero-order valence-corrected chi connectivity index (χ0v) is 15.5. The summed E-state index contributed by atoms with van der Waals surface area (Å²) in [5, 5.41) is 1.45. The summed E-state index contributed by atoms with van der Waals surface area (Å²) in [7, 11) is 0. The van der Waals surface area contributed by atoms with Crippen molar-refractivity contribution in [3.63, 3.8) is 0 Å². The average molecular weight is 387 g/mol. The van der Waals surface area contributed by atoms with E-state index < -0.39 is 6.16 Å². The van der Waals surface area contributed by atoms with Gasteiger partial charge in [-0.05, 0) is 13.3 Å². The molecule has 148 valence electrons. The van der Waals surface area contributed by atoms with Gasteiger partial charge in [0.15, 0.2) is 5.82 Å². The van der Waals surface area contributed by atoms with Gasteiger partial charge in [-0.2, -0.15) is 10.0 Å². The largest absolute Gasteiger partial charge is 0.533 e. The third kappa shape index (κ3) is 3.60. The first kappa shape index (κ1) is 18.2. The Hall–Kier alpha value is -3.21. The van der Waals surface area contributed by atoms with Crippen molar-refractivity contribution in [1.29, 1.82) is 0 Å². The number of carbonyl (C=O) groups excluding carboxylic acids is 1. The van der Waals surface area contributed by atoms with Gasteiger partial charge in [-0.3, -0.25) is 0 Å². The fourth-order valence-electron chi connectivity index (χ4n) is 3.14. The zero-order chi connectivity index (χ0) is 19.5. The van der Waals surface area contributed by atoms with E-state index in [4.69, 9.17) is 25.0 Å². The van der Waals surface area contributed by atoms with Gasteiger partial charge in [0.1, 0.15) is 0 Å². The number of rotatable bonds is 4. The molecule has 0 aromatic carbocycles. The number of hydroxylamine groups is 1. The molecule has 0 unspecified atom stereocenters. The van der Waals surface area contributed by atoms with Gasteiger partial charge in [-0.25, -0.2) is 19.7 Å². The first-order valence-electron chi connectivity index (χ1n) is 9.09. The Kier molecular flexibility index (Phi) is 5.06. The number of nitrogens with zero attached hydrogens (tertiary/aromatic N) is 6. The van der Waals surface area contributed by atoms with E-state index in [1.54, 1.807) is 19.3 Å². The molecule has 11 heteroatoms. The molecule has 28 heavy (non-hydrogen) atoms. The molecule has 2 aliphatic rings. The molecule has 4 heterocycles. The normalized spacial score (nSPS) is 16.0. The Morgan fingerprint density at radius 1 is 1.21 bits per heavy atom. The van der Waals surface area contributed by atoms with Crippen molar-refractivity contribution in [2.24, 2.45) is 0 Å². The van der Waals surface area contributed by atoms with Gasteiger partial charge in [0.05, 0.1) is 32.1 Å². The number of morpholine rings is 1. The van der Waals surface area contributed by atoms with E-state index in [9.17, 15) is 4.79 Å². The Balaban J connectivity index is 1.74. The second-order valence-corrected chi connectivity index (χ2v) is 6.23. The lowest BCUT2D eigenvalue weighted by atomic mass is 10.1. The standard InChI is InChI=1S/C17H21N7O4/c1-2-27-17(25)28-24-4-3-12-13(11-9-19-15(18)20-10-11)21-16(22-14(12)24)23-5-7-26-8-6-23/h9-10H,2-8H2,1H3,(H2,18,19,20). The van der Waals surface area contributed by atoms with Crippen LogP contribution in [0.1, 0.15) is 12.5 Å². The van der Waals surface area contributed by atoms with Crippen molar-refractivity contribution in [2.45, 2.75) is 13.3 Å². The molecule has 0 bridgehead atoms. The summed E-state index contributed by atoms with van der Waals surface area (Å²) in [5.41, 5.74) is 7.89. The predicted molar refractivity (Wildman–Crippen MR) is 99.7 cm³/mol. The van der Waals surface area contributed by atoms with E-state index in [1.807, 2.05) is 4.90 Å². The molecule has 2 N–H and O–H groups in total. The minimum atomic E-state index is -0.765. The number of nitrogen functional groups attached to an aromatic ring is 1. The van der Waals surface area contributed by atoms with E-state index in [0.717, 1.165) is 11.1 Å². The summed E-state index contributed by atoms with van der Waals surface area (Å²) < 4.78 is 10.3. The van der Waals surface area contributed by atoms with Crippen molar-refractivity contribution >= 4 is 23.9 Å². The molecular formula is C17H21N7O4. The predicted octanol–water partition coefficient (Wildman–Crippen LogP) is 0.803. The molecule has 2 aliphatic heterocycles. The van der Waals surface area contributed by atoms with Crippen LogP contribution in [0.25, 0.3) is 11.3 Å². The van der Waals surface area contributed by atoms with Crippen LogP contribution in [-0.2, 0) is 20.7 Å². The molecule has 0 saturated carbocycles. The third-order valence-corrected chi connectivity index (χ3v) is 4.46. The summed E-state index contributed by atoms with van der Waals surface area (Å²) in [6.07, 6.45) is 3.10. The number of aromatic nitrogens is 4. The molecule has 1 fully saturated rings. The van der Waals surface area contributed by atoms with E-state index in [-0.39, 0.29) is 12.6 Å². The third-order valence-electron chi connectivity index (χ3n) is 4.46. The summed E-state index contributed by atoms with van der Waals surface area (Å²) >= 11 is 0. The molecule has 2 aromatic rings. The molecular weight excluding hydrogens is 366 g/mol. The molecule has 0 amide bonds. The monoisotopic (exact) mass is 387 g/mol. The van der Waals surface area contributed by atoms with Crippen molar-refractivity contribution in [1.82, 2.24) is 19.9 Å². The average Bonchev–Trinajstić information content (AvgIpc) is 3.11. The lowest BCUT2D eigenvalue weighted by Gasteiger charge is -2.28. The van der Waals surface area contributed by atoms with Gasteiger partial charge < -0.3 is 24.9 Å². The maximum atomic E-state index is 11.8. The number of fused-ring (bicyclic) bond motifs is 1. The molecule has 11 nitrogen and oxygen atoms in total.